The van der Waals surface area contributed by atoms with Gasteiger partial charge in [-0.05, 0) is 43.2 Å². The molecule has 21 heavy (non-hydrogen) atoms. The minimum absolute atomic E-state index is 0.140. The van der Waals surface area contributed by atoms with Gasteiger partial charge in [-0.2, -0.15) is 0 Å². The van der Waals surface area contributed by atoms with Gasteiger partial charge in [-0.3, -0.25) is 4.79 Å². The molecule has 1 aromatic carbocycles. The molecule has 0 heterocycles. The molecule has 0 aliphatic heterocycles. The molecule has 0 bridgehead atoms. The van der Waals surface area contributed by atoms with Gasteiger partial charge in [0.1, 0.15) is 5.84 Å². The third-order valence-electron chi connectivity index (χ3n) is 4.65. The number of hydrogen-bond acceptors (Lipinski definition) is 3. The minimum atomic E-state index is 0.140. The fourth-order valence-corrected chi connectivity index (χ4v) is 3.39. The summed E-state index contributed by atoms with van der Waals surface area (Å²) >= 11 is 0. The third-order valence-corrected chi connectivity index (χ3v) is 4.65. The number of oxime groups is 1. The third kappa shape index (κ3) is 3.01. The van der Waals surface area contributed by atoms with Gasteiger partial charge in [-0.15, -0.1) is 0 Å². The Labute approximate surface area is 124 Å². The van der Waals surface area contributed by atoms with E-state index >= 15 is 0 Å². The van der Waals surface area contributed by atoms with Crippen molar-refractivity contribution in [1.82, 2.24) is 0 Å². The topological polar surface area (TPSA) is 78.9 Å². The summed E-state index contributed by atoms with van der Waals surface area (Å²) in [6.07, 6.45) is 3.72. The average molecular weight is 287 g/mol. The molecule has 1 amide bonds. The number of nitrogens with two attached hydrogens (primary N) is 1. The summed E-state index contributed by atoms with van der Waals surface area (Å²) in [5, 5.41) is 11.7. The van der Waals surface area contributed by atoms with Crippen LogP contribution in [0.15, 0.2) is 35.5 Å². The smallest absolute Gasteiger partial charge is 0.230 e. The lowest BCUT2D eigenvalue weighted by Gasteiger charge is -2.26. The van der Waals surface area contributed by atoms with Crippen LogP contribution in [0.4, 0.5) is 5.69 Å². The maximum Gasteiger partial charge on any atom is 0.230 e. The van der Waals surface area contributed by atoms with Crippen molar-refractivity contribution < 1.29 is 10.0 Å². The van der Waals surface area contributed by atoms with Crippen LogP contribution < -0.4 is 10.6 Å². The average Bonchev–Trinajstić information content (AvgIpc) is 3.14. The van der Waals surface area contributed by atoms with Crippen molar-refractivity contribution in [2.24, 2.45) is 28.6 Å². The van der Waals surface area contributed by atoms with Crippen LogP contribution in [0.2, 0.25) is 0 Å². The lowest BCUT2D eigenvalue weighted by atomic mass is 10.0. The SMILES string of the molecule is N/C(CCN(C(=O)C1CC2CC2C1)c1ccccc1)=N/O. The van der Waals surface area contributed by atoms with Crippen molar-refractivity contribution in [2.75, 3.05) is 11.4 Å². The molecule has 3 N–H and O–H groups in total. The Morgan fingerprint density at radius 1 is 1.24 bits per heavy atom. The number of carbonyl (C=O) groups excluding carboxylic acids is 1. The number of benzene rings is 1. The summed E-state index contributed by atoms with van der Waals surface area (Å²) in [6.45, 7) is 0.449. The zero-order chi connectivity index (χ0) is 14.8. The van der Waals surface area contributed by atoms with Crippen LogP contribution in [-0.2, 0) is 4.79 Å². The van der Waals surface area contributed by atoms with Gasteiger partial charge in [0.2, 0.25) is 5.91 Å². The number of rotatable bonds is 5. The molecule has 3 rings (SSSR count). The highest BCUT2D eigenvalue weighted by molar-refractivity contribution is 5.96. The van der Waals surface area contributed by atoms with E-state index in [9.17, 15) is 4.79 Å². The maximum absolute atomic E-state index is 12.8. The summed E-state index contributed by atoms with van der Waals surface area (Å²) in [6, 6.07) is 9.64. The highest BCUT2D eigenvalue weighted by Crippen LogP contribution is 2.54. The van der Waals surface area contributed by atoms with Gasteiger partial charge in [-0.1, -0.05) is 23.4 Å². The molecular weight excluding hydrogens is 266 g/mol. The monoisotopic (exact) mass is 287 g/mol. The van der Waals surface area contributed by atoms with Gasteiger partial charge < -0.3 is 15.8 Å². The van der Waals surface area contributed by atoms with E-state index in [2.05, 4.69) is 5.16 Å². The van der Waals surface area contributed by atoms with Crippen molar-refractivity contribution in [1.29, 1.82) is 0 Å². The Balaban J connectivity index is 1.73. The fraction of sp³-hybridized carbons (Fsp3) is 0.500. The summed E-state index contributed by atoms with van der Waals surface area (Å²) < 4.78 is 0. The second-order valence-corrected chi connectivity index (χ2v) is 6.09. The van der Waals surface area contributed by atoms with Crippen LogP contribution in [0.3, 0.4) is 0 Å². The molecular formula is C16H21N3O2. The van der Waals surface area contributed by atoms with E-state index in [-0.39, 0.29) is 17.7 Å². The van der Waals surface area contributed by atoms with Gasteiger partial charge in [0, 0.05) is 24.6 Å². The Bertz CT molecular complexity index is 534. The molecule has 2 aliphatic carbocycles. The molecule has 0 aromatic heterocycles. The molecule has 112 valence electrons. The number of para-hydroxylation sites is 1. The largest absolute Gasteiger partial charge is 0.409 e. The molecule has 2 atom stereocenters. The van der Waals surface area contributed by atoms with E-state index in [1.165, 1.54) is 6.42 Å². The van der Waals surface area contributed by atoms with E-state index in [0.29, 0.717) is 13.0 Å². The maximum atomic E-state index is 12.8. The molecule has 0 saturated heterocycles. The Morgan fingerprint density at radius 2 is 1.90 bits per heavy atom. The zero-order valence-corrected chi connectivity index (χ0v) is 12.0. The van der Waals surface area contributed by atoms with Crippen molar-refractivity contribution in [3.05, 3.63) is 30.3 Å². The van der Waals surface area contributed by atoms with E-state index < -0.39 is 0 Å². The number of amidine groups is 1. The zero-order valence-electron chi connectivity index (χ0n) is 12.0. The van der Waals surface area contributed by atoms with Crippen LogP contribution in [0, 0.1) is 17.8 Å². The molecule has 2 fully saturated rings. The van der Waals surface area contributed by atoms with Gasteiger partial charge in [0.15, 0.2) is 0 Å². The Morgan fingerprint density at radius 3 is 2.52 bits per heavy atom. The molecule has 2 aliphatic rings. The molecule has 1 aromatic rings. The van der Waals surface area contributed by atoms with Crippen LogP contribution in [0.25, 0.3) is 0 Å². The Hall–Kier alpha value is -2.04. The lowest BCUT2D eigenvalue weighted by molar-refractivity contribution is -0.122. The number of carbonyl (C=O) groups is 1. The van der Waals surface area contributed by atoms with Crippen molar-refractivity contribution >= 4 is 17.4 Å². The number of amides is 1. The van der Waals surface area contributed by atoms with E-state index in [0.717, 1.165) is 30.4 Å². The standard InChI is InChI=1S/C16H21N3O2/c17-15(18-21)6-7-19(14-4-2-1-3-5-14)16(20)13-9-11-8-12(11)10-13/h1-5,11-13,21H,6-10H2,(H2,17,18). The van der Waals surface area contributed by atoms with Gasteiger partial charge in [0.05, 0.1) is 0 Å². The number of anilines is 1. The molecule has 0 radical (unpaired) electrons. The van der Waals surface area contributed by atoms with Crippen molar-refractivity contribution in [3.8, 4) is 0 Å². The predicted octanol–water partition coefficient (Wildman–Crippen LogP) is 2.20. The van der Waals surface area contributed by atoms with Gasteiger partial charge in [-0.25, -0.2) is 0 Å². The van der Waals surface area contributed by atoms with Crippen LogP contribution in [0.5, 0.6) is 0 Å². The van der Waals surface area contributed by atoms with E-state index in [4.69, 9.17) is 10.9 Å². The first-order valence-corrected chi connectivity index (χ1v) is 7.52. The van der Waals surface area contributed by atoms with E-state index in [1.807, 2.05) is 30.3 Å². The highest BCUT2D eigenvalue weighted by atomic mass is 16.4. The Kier molecular flexibility index (Phi) is 3.82. The molecule has 0 spiro atoms. The van der Waals surface area contributed by atoms with Crippen LogP contribution in [0.1, 0.15) is 25.7 Å². The summed E-state index contributed by atoms with van der Waals surface area (Å²) in [5.41, 5.74) is 6.43. The first kappa shape index (κ1) is 13.9. The normalized spacial score (nSPS) is 27.2. The first-order chi connectivity index (χ1) is 10.2. The molecule has 2 saturated carbocycles. The highest BCUT2D eigenvalue weighted by Gasteiger charge is 2.48. The summed E-state index contributed by atoms with van der Waals surface area (Å²) in [7, 11) is 0. The second kappa shape index (κ2) is 5.76. The van der Waals surface area contributed by atoms with Crippen molar-refractivity contribution in [2.45, 2.75) is 25.7 Å². The molecule has 5 heteroatoms. The van der Waals surface area contributed by atoms with Crippen LogP contribution >= 0.6 is 0 Å². The van der Waals surface area contributed by atoms with Gasteiger partial charge in [0.25, 0.3) is 0 Å². The second-order valence-electron chi connectivity index (χ2n) is 6.09. The molecule has 5 nitrogen and oxygen atoms in total. The quantitative estimate of drug-likeness (QED) is 0.377. The van der Waals surface area contributed by atoms with Gasteiger partial charge >= 0.3 is 0 Å². The number of nitrogens with zero attached hydrogens (tertiary/aromatic N) is 2. The fourth-order valence-electron chi connectivity index (χ4n) is 3.39. The van der Waals surface area contributed by atoms with Crippen LogP contribution in [-0.4, -0.2) is 23.5 Å². The number of hydrogen-bond donors (Lipinski definition) is 2. The first-order valence-electron chi connectivity index (χ1n) is 7.52. The predicted molar refractivity (Wildman–Crippen MR) is 81.1 cm³/mol. The molecule has 2 unspecified atom stereocenters. The lowest BCUT2D eigenvalue weighted by Crippen LogP contribution is -2.38. The van der Waals surface area contributed by atoms with E-state index in [1.54, 1.807) is 4.90 Å². The summed E-state index contributed by atoms with van der Waals surface area (Å²) in [4.78, 5) is 14.6. The minimum Gasteiger partial charge on any atom is -0.409 e. The number of fused-ring (bicyclic) bond motifs is 1. The summed E-state index contributed by atoms with van der Waals surface area (Å²) in [5.74, 6) is 2.03. The van der Waals surface area contributed by atoms with Crippen molar-refractivity contribution in [3.63, 3.8) is 0 Å².